The van der Waals surface area contributed by atoms with Crippen LogP contribution < -0.4 is 0 Å². The van der Waals surface area contributed by atoms with Crippen molar-refractivity contribution >= 4 is 5.91 Å². The number of fused-ring (bicyclic) bond motifs is 1. The molecule has 2 nitrogen and oxygen atoms in total. The number of piperidine rings is 1. The smallest absolute Gasteiger partial charge is 0.222 e. The lowest BCUT2D eigenvalue weighted by Gasteiger charge is -2.33. The van der Waals surface area contributed by atoms with Gasteiger partial charge >= 0.3 is 0 Å². The summed E-state index contributed by atoms with van der Waals surface area (Å²) in [5.74, 6) is 1.12. The lowest BCUT2D eigenvalue weighted by molar-refractivity contribution is -0.130. The second-order valence-corrected chi connectivity index (χ2v) is 3.92. The normalized spacial score (nSPS) is 32.2. The van der Waals surface area contributed by atoms with Gasteiger partial charge in [-0.05, 0) is 25.2 Å². The van der Waals surface area contributed by atoms with Crippen molar-refractivity contribution in [2.45, 2.75) is 52.5 Å². The Morgan fingerprint density at radius 1 is 1.23 bits per heavy atom. The quantitative estimate of drug-likeness (QED) is 0.565. The molecule has 2 atom stereocenters. The van der Waals surface area contributed by atoms with Crippen molar-refractivity contribution in [2.75, 3.05) is 6.54 Å². The molecule has 2 heteroatoms. The minimum atomic E-state index is 0.390. The Kier molecular flexibility index (Phi) is 3.76. The molecule has 0 N–H and O–H groups in total. The predicted octanol–water partition coefficient (Wildman–Crippen LogP) is 2.43. The first-order valence-electron chi connectivity index (χ1n) is 5.57. The molecule has 2 saturated heterocycles. The lowest BCUT2D eigenvalue weighted by Crippen LogP contribution is -2.40. The van der Waals surface area contributed by atoms with Crippen molar-refractivity contribution < 1.29 is 4.79 Å². The van der Waals surface area contributed by atoms with Gasteiger partial charge in [-0.3, -0.25) is 4.79 Å². The molecule has 2 rings (SSSR count). The zero-order valence-electron chi connectivity index (χ0n) is 9.05. The molecule has 13 heavy (non-hydrogen) atoms. The molecule has 2 aliphatic heterocycles. The Morgan fingerprint density at radius 3 is 2.62 bits per heavy atom. The molecule has 0 radical (unpaired) electrons. The van der Waals surface area contributed by atoms with Crippen LogP contribution in [-0.4, -0.2) is 23.4 Å². The maximum atomic E-state index is 11.3. The molecule has 0 spiro atoms. The Labute approximate surface area is 81.3 Å². The topological polar surface area (TPSA) is 20.3 Å². The highest BCUT2D eigenvalue weighted by molar-refractivity contribution is 5.78. The van der Waals surface area contributed by atoms with Gasteiger partial charge in [0, 0.05) is 19.0 Å². The number of carbonyl (C=O) groups excluding carboxylic acids is 1. The van der Waals surface area contributed by atoms with Crippen molar-refractivity contribution in [3.63, 3.8) is 0 Å². The zero-order chi connectivity index (χ0) is 9.84. The van der Waals surface area contributed by atoms with E-state index in [1.165, 1.54) is 12.8 Å². The molecule has 2 aliphatic rings. The third kappa shape index (κ3) is 2.23. The molecule has 0 aromatic heterocycles. The maximum Gasteiger partial charge on any atom is 0.222 e. The van der Waals surface area contributed by atoms with Crippen molar-refractivity contribution in [1.82, 2.24) is 4.90 Å². The zero-order valence-corrected chi connectivity index (χ0v) is 9.05. The molecule has 2 unspecified atom stereocenters. The Balaban J connectivity index is 0.000000396. The van der Waals surface area contributed by atoms with Gasteiger partial charge in [0.2, 0.25) is 5.91 Å². The molecule has 0 saturated carbocycles. The number of rotatable bonds is 0. The van der Waals surface area contributed by atoms with E-state index in [9.17, 15) is 4.79 Å². The first-order chi connectivity index (χ1) is 6.27. The van der Waals surface area contributed by atoms with Crippen LogP contribution in [0.15, 0.2) is 0 Å². The van der Waals surface area contributed by atoms with Crippen LogP contribution in [0.25, 0.3) is 0 Å². The van der Waals surface area contributed by atoms with Crippen LogP contribution in [0.5, 0.6) is 0 Å². The van der Waals surface area contributed by atoms with Crippen LogP contribution in [0.2, 0.25) is 0 Å². The van der Waals surface area contributed by atoms with E-state index in [1.54, 1.807) is 0 Å². The minimum absolute atomic E-state index is 0.390. The van der Waals surface area contributed by atoms with Gasteiger partial charge in [0.1, 0.15) is 0 Å². The molecule has 0 bridgehead atoms. The fraction of sp³-hybridized carbons (Fsp3) is 0.909. The number of nitrogens with zero attached hydrogens (tertiary/aromatic N) is 1. The summed E-state index contributed by atoms with van der Waals surface area (Å²) < 4.78 is 0. The van der Waals surface area contributed by atoms with E-state index < -0.39 is 0 Å². The fourth-order valence-corrected chi connectivity index (χ4v) is 2.25. The van der Waals surface area contributed by atoms with Crippen molar-refractivity contribution in [1.29, 1.82) is 0 Å². The molecule has 0 aromatic rings. The molecule has 2 heterocycles. The Morgan fingerprint density at radius 2 is 1.92 bits per heavy atom. The summed E-state index contributed by atoms with van der Waals surface area (Å²) in [6.45, 7) is 7.26. The van der Waals surface area contributed by atoms with Crippen LogP contribution in [0.1, 0.15) is 46.5 Å². The summed E-state index contributed by atoms with van der Waals surface area (Å²) in [6, 6.07) is 0.610. The van der Waals surface area contributed by atoms with Crippen molar-refractivity contribution in [3.8, 4) is 0 Å². The van der Waals surface area contributed by atoms with E-state index in [0.29, 0.717) is 11.9 Å². The average Bonchev–Trinajstić information content (AvgIpc) is 2.52. The molecular weight excluding hydrogens is 162 g/mol. The van der Waals surface area contributed by atoms with E-state index in [-0.39, 0.29) is 0 Å². The van der Waals surface area contributed by atoms with Gasteiger partial charge in [0.25, 0.3) is 0 Å². The highest BCUT2D eigenvalue weighted by atomic mass is 16.2. The van der Waals surface area contributed by atoms with E-state index in [2.05, 4.69) is 11.8 Å². The highest BCUT2D eigenvalue weighted by Crippen LogP contribution is 2.29. The fourth-order valence-electron chi connectivity index (χ4n) is 2.25. The maximum absolute atomic E-state index is 11.3. The highest BCUT2D eigenvalue weighted by Gasteiger charge is 2.34. The largest absolute Gasteiger partial charge is 0.339 e. The summed E-state index contributed by atoms with van der Waals surface area (Å²) in [4.78, 5) is 13.4. The van der Waals surface area contributed by atoms with Gasteiger partial charge in [-0.2, -0.15) is 0 Å². The van der Waals surface area contributed by atoms with Crippen molar-refractivity contribution in [2.24, 2.45) is 5.92 Å². The second kappa shape index (κ2) is 4.64. The molecular formula is C11H21NO. The van der Waals surface area contributed by atoms with E-state index in [4.69, 9.17) is 0 Å². The van der Waals surface area contributed by atoms with Crippen molar-refractivity contribution in [3.05, 3.63) is 0 Å². The number of amides is 1. The van der Waals surface area contributed by atoms with Crippen LogP contribution in [0.4, 0.5) is 0 Å². The van der Waals surface area contributed by atoms with Gasteiger partial charge in [-0.25, -0.2) is 0 Å². The van der Waals surface area contributed by atoms with Crippen LogP contribution in [0.3, 0.4) is 0 Å². The minimum Gasteiger partial charge on any atom is -0.339 e. The van der Waals surface area contributed by atoms with Gasteiger partial charge in [-0.1, -0.05) is 20.8 Å². The Bertz CT molecular complexity index is 179. The van der Waals surface area contributed by atoms with E-state index >= 15 is 0 Å². The second-order valence-electron chi connectivity index (χ2n) is 3.92. The summed E-state index contributed by atoms with van der Waals surface area (Å²) in [7, 11) is 0. The summed E-state index contributed by atoms with van der Waals surface area (Å²) in [6.07, 6.45) is 4.48. The molecule has 0 aliphatic carbocycles. The first-order valence-corrected chi connectivity index (χ1v) is 5.57. The predicted molar refractivity (Wildman–Crippen MR) is 54.5 cm³/mol. The summed E-state index contributed by atoms with van der Waals surface area (Å²) >= 11 is 0. The molecule has 1 amide bonds. The average molecular weight is 183 g/mol. The standard InChI is InChI=1S/C9H15NO.C2H6/c1-7-2-3-8-4-5-9(11)10(8)6-7;1-2/h7-8H,2-6H2,1H3;1-2H3. The third-order valence-corrected chi connectivity index (χ3v) is 2.95. The van der Waals surface area contributed by atoms with Crippen LogP contribution >= 0.6 is 0 Å². The monoisotopic (exact) mass is 183 g/mol. The molecule has 2 fully saturated rings. The molecule has 0 aromatic carbocycles. The lowest BCUT2D eigenvalue weighted by atomic mass is 9.95. The summed E-state index contributed by atoms with van der Waals surface area (Å²) in [5, 5.41) is 0. The van der Waals surface area contributed by atoms with E-state index in [1.807, 2.05) is 13.8 Å². The van der Waals surface area contributed by atoms with E-state index in [0.717, 1.165) is 25.3 Å². The summed E-state index contributed by atoms with van der Waals surface area (Å²) in [5.41, 5.74) is 0. The van der Waals surface area contributed by atoms with Gasteiger partial charge in [0.15, 0.2) is 0 Å². The number of hydrogen-bond donors (Lipinski definition) is 0. The SMILES string of the molecule is CC.CC1CCC2CCC(=O)N2C1. The Hall–Kier alpha value is -0.530. The third-order valence-electron chi connectivity index (χ3n) is 2.95. The first kappa shape index (κ1) is 10.6. The number of hydrogen-bond acceptors (Lipinski definition) is 1. The van der Waals surface area contributed by atoms with Gasteiger partial charge in [0.05, 0.1) is 0 Å². The van der Waals surface area contributed by atoms with Gasteiger partial charge in [-0.15, -0.1) is 0 Å². The van der Waals surface area contributed by atoms with Crippen LogP contribution in [0, 0.1) is 5.92 Å². The van der Waals surface area contributed by atoms with Crippen LogP contribution in [-0.2, 0) is 4.79 Å². The number of carbonyl (C=O) groups is 1. The van der Waals surface area contributed by atoms with Gasteiger partial charge < -0.3 is 4.90 Å². The molecule has 76 valence electrons.